The Morgan fingerprint density at radius 3 is 2.53 bits per heavy atom. The second-order valence-corrected chi connectivity index (χ2v) is 4.72. The van der Waals surface area contributed by atoms with Crippen LogP contribution in [0.4, 0.5) is 8.78 Å². The van der Waals surface area contributed by atoms with Gasteiger partial charge in [-0.3, -0.25) is 0 Å². The third-order valence-corrected chi connectivity index (χ3v) is 3.17. The van der Waals surface area contributed by atoms with Gasteiger partial charge < -0.3 is 10.4 Å². The van der Waals surface area contributed by atoms with E-state index in [0.29, 0.717) is 0 Å². The molecule has 2 N–H and O–H groups in total. The first-order chi connectivity index (χ1) is 9.02. The van der Waals surface area contributed by atoms with Crippen molar-refractivity contribution < 1.29 is 13.9 Å². The molecule has 0 radical (unpaired) electrons. The first-order valence-corrected chi connectivity index (χ1v) is 6.22. The average Bonchev–Trinajstić information content (AvgIpc) is 2.44. The molecule has 1 atom stereocenters. The highest BCUT2D eigenvalue weighted by molar-refractivity contribution is 5.83. The lowest BCUT2D eigenvalue weighted by Gasteiger charge is -2.19. The Kier molecular flexibility index (Phi) is 4.12. The Balaban J connectivity index is 2.11. The molecule has 19 heavy (non-hydrogen) atoms. The molecule has 0 spiro atoms. The molecule has 0 saturated carbocycles. The Morgan fingerprint density at radius 1 is 1.16 bits per heavy atom. The third-order valence-electron chi connectivity index (χ3n) is 3.17. The maximum absolute atomic E-state index is 13.0. The number of fused-ring (bicyclic) bond motifs is 1. The number of hydrogen-bond donors (Lipinski definition) is 2. The third kappa shape index (κ3) is 3.49. The predicted octanol–water partition coefficient (Wildman–Crippen LogP) is 3.12. The molecular formula is C15H17F2NO. The fraction of sp³-hybridized carbons (Fsp3) is 0.333. The molecule has 0 saturated heterocycles. The second-order valence-electron chi connectivity index (χ2n) is 4.72. The molecule has 2 nitrogen and oxygen atoms in total. The summed E-state index contributed by atoms with van der Waals surface area (Å²) in [5.41, 5.74) is 0.951. The average molecular weight is 265 g/mol. The van der Waals surface area contributed by atoms with E-state index in [1.165, 1.54) is 0 Å². The van der Waals surface area contributed by atoms with E-state index in [0.717, 1.165) is 16.3 Å². The van der Waals surface area contributed by atoms with Gasteiger partial charge in [0.25, 0.3) is 5.92 Å². The van der Waals surface area contributed by atoms with Crippen molar-refractivity contribution in [1.29, 1.82) is 0 Å². The van der Waals surface area contributed by atoms with Gasteiger partial charge in [0, 0.05) is 6.04 Å². The summed E-state index contributed by atoms with van der Waals surface area (Å²) in [4.78, 5) is 0. The lowest BCUT2D eigenvalue weighted by Crippen LogP contribution is -2.37. The van der Waals surface area contributed by atoms with Crippen LogP contribution in [-0.2, 0) is 0 Å². The predicted molar refractivity (Wildman–Crippen MR) is 72.4 cm³/mol. The van der Waals surface area contributed by atoms with Gasteiger partial charge in [-0.2, -0.15) is 0 Å². The van der Waals surface area contributed by atoms with E-state index >= 15 is 0 Å². The maximum atomic E-state index is 13.0. The quantitative estimate of drug-likeness (QED) is 0.870. The van der Waals surface area contributed by atoms with Crippen LogP contribution in [-0.4, -0.2) is 24.2 Å². The van der Waals surface area contributed by atoms with E-state index in [-0.39, 0.29) is 6.04 Å². The first-order valence-electron chi connectivity index (χ1n) is 6.22. The van der Waals surface area contributed by atoms with Crippen molar-refractivity contribution in [2.24, 2.45) is 0 Å². The Morgan fingerprint density at radius 2 is 1.84 bits per heavy atom. The van der Waals surface area contributed by atoms with Crippen LogP contribution >= 0.6 is 0 Å². The molecule has 2 rings (SSSR count). The fourth-order valence-electron chi connectivity index (χ4n) is 1.95. The molecule has 4 heteroatoms. The summed E-state index contributed by atoms with van der Waals surface area (Å²) in [5.74, 6) is -3.08. The Hall–Kier alpha value is -1.52. The Bertz CT molecular complexity index is 557. The minimum Gasteiger partial charge on any atom is -0.390 e. The van der Waals surface area contributed by atoms with Gasteiger partial charge >= 0.3 is 0 Å². The molecule has 102 valence electrons. The van der Waals surface area contributed by atoms with Crippen LogP contribution in [0.1, 0.15) is 18.5 Å². The van der Waals surface area contributed by atoms with E-state index in [1.54, 1.807) is 0 Å². The van der Waals surface area contributed by atoms with Crippen LogP contribution in [0.5, 0.6) is 0 Å². The lowest BCUT2D eigenvalue weighted by molar-refractivity contribution is -0.0490. The summed E-state index contributed by atoms with van der Waals surface area (Å²) in [6.07, 6.45) is 0. The van der Waals surface area contributed by atoms with Crippen LogP contribution in [0.25, 0.3) is 10.8 Å². The van der Waals surface area contributed by atoms with Crippen molar-refractivity contribution in [2.75, 3.05) is 13.2 Å². The topological polar surface area (TPSA) is 32.3 Å². The summed E-state index contributed by atoms with van der Waals surface area (Å²) >= 11 is 0. The van der Waals surface area contributed by atoms with Crippen LogP contribution in [0.2, 0.25) is 0 Å². The summed E-state index contributed by atoms with van der Waals surface area (Å²) in [6.45, 7) is 0.166. The fourth-order valence-corrected chi connectivity index (χ4v) is 1.95. The summed E-state index contributed by atoms with van der Waals surface area (Å²) in [6, 6.07) is 13.6. The monoisotopic (exact) mass is 265 g/mol. The maximum Gasteiger partial charge on any atom is 0.282 e. The van der Waals surface area contributed by atoms with Crippen molar-refractivity contribution in [1.82, 2.24) is 5.32 Å². The van der Waals surface area contributed by atoms with Crippen molar-refractivity contribution in [3.63, 3.8) is 0 Å². The second kappa shape index (κ2) is 5.63. The highest BCUT2D eigenvalue weighted by atomic mass is 19.3. The number of nitrogens with one attached hydrogen (secondary N) is 1. The minimum absolute atomic E-state index is 0.193. The van der Waals surface area contributed by atoms with Gasteiger partial charge in [0.2, 0.25) is 0 Å². The summed E-state index contributed by atoms with van der Waals surface area (Å²) < 4.78 is 25.9. The van der Waals surface area contributed by atoms with Gasteiger partial charge in [-0.05, 0) is 29.3 Å². The normalized spacial score (nSPS) is 13.7. The first kappa shape index (κ1) is 13.9. The SMILES string of the molecule is CC(NCC(F)(F)CO)c1ccc2ccccc2c1. The van der Waals surface area contributed by atoms with Crippen LogP contribution in [0.15, 0.2) is 42.5 Å². The largest absolute Gasteiger partial charge is 0.390 e. The van der Waals surface area contributed by atoms with E-state index in [4.69, 9.17) is 5.11 Å². The zero-order valence-electron chi connectivity index (χ0n) is 10.7. The number of hydrogen-bond acceptors (Lipinski definition) is 2. The zero-order chi connectivity index (χ0) is 13.9. The molecule has 0 aromatic heterocycles. The number of halogens is 2. The van der Waals surface area contributed by atoms with Crippen molar-refractivity contribution in [2.45, 2.75) is 18.9 Å². The van der Waals surface area contributed by atoms with Crippen molar-refractivity contribution in [3.8, 4) is 0 Å². The zero-order valence-corrected chi connectivity index (χ0v) is 10.7. The van der Waals surface area contributed by atoms with Crippen molar-refractivity contribution in [3.05, 3.63) is 48.0 Å². The smallest absolute Gasteiger partial charge is 0.282 e. The Labute approximate surface area is 111 Å². The molecule has 1 unspecified atom stereocenters. The highest BCUT2D eigenvalue weighted by Gasteiger charge is 2.27. The molecule has 0 amide bonds. The molecule has 0 bridgehead atoms. The molecule has 0 aliphatic heterocycles. The molecule has 2 aromatic carbocycles. The number of aliphatic hydroxyl groups excluding tert-OH is 1. The molecule has 2 aromatic rings. The van der Waals surface area contributed by atoms with Crippen molar-refractivity contribution >= 4 is 10.8 Å². The summed E-state index contributed by atoms with van der Waals surface area (Å²) in [5, 5.41) is 13.5. The summed E-state index contributed by atoms with van der Waals surface area (Å²) in [7, 11) is 0. The molecule has 0 aliphatic rings. The van der Waals surface area contributed by atoms with Crippen LogP contribution in [0, 0.1) is 0 Å². The van der Waals surface area contributed by atoms with E-state index < -0.39 is 19.1 Å². The van der Waals surface area contributed by atoms with E-state index in [9.17, 15) is 8.78 Å². The number of aliphatic hydroxyl groups is 1. The van der Waals surface area contributed by atoms with Gasteiger partial charge in [-0.1, -0.05) is 36.4 Å². The minimum atomic E-state index is -3.08. The van der Waals surface area contributed by atoms with Gasteiger partial charge in [0.15, 0.2) is 0 Å². The standard InChI is InChI=1S/C15H17F2NO/c1-11(18-9-15(16,17)10-19)13-7-6-12-4-2-3-5-14(12)8-13/h2-8,11,18-19H,9-10H2,1H3. The molecule has 0 heterocycles. The molecule has 0 aliphatic carbocycles. The highest BCUT2D eigenvalue weighted by Crippen LogP contribution is 2.21. The van der Waals surface area contributed by atoms with Crippen LogP contribution < -0.4 is 5.32 Å². The van der Waals surface area contributed by atoms with Gasteiger partial charge in [-0.25, -0.2) is 8.78 Å². The van der Waals surface area contributed by atoms with E-state index in [2.05, 4.69) is 5.32 Å². The van der Waals surface area contributed by atoms with E-state index in [1.807, 2.05) is 49.4 Å². The number of benzene rings is 2. The van der Waals surface area contributed by atoms with Gasteiger partial charge in [0.1, 0.15) is 6.61 Å². The van der Waals surface area contributed by atoms with Gasteiger partial charge in [0.05, 0.1) is 6.54 Å². The number of alkyl halides is 2. The molecular weight excluding hydrogens is 248 g/mol. The lowest BCUT2D eigenvalue weighted by atomic mass is 10.0. The van der Waals surface area contributed by atoms with Crippen LogP contribution in [0.3, 0.4) is 0 Å². The molecule has 0 fully saturated rings. The van der Waals surface area contributed by atoms with Gasteiger partial charge in [-0.15, -0.1) is 0 Å². The number of rotatable bonds is 5.